The zero-order valence-electron chi connectivity index (χ0n) is 57.8. The molecule has 0 unspecified atom stereocenters. The first kappa shape index (κ1) is 61.1. The van der Waals surface area contributed by atoms with Gasteiger partial charge >= 0.3 is 0 Å². The summed E-state index contributed by atoms with van der Waals surface area (Å²) >= 11 is 0. The Bertz CT molecular complexity index is 6700. The third-order valence-electron chi connectivity index (χ3n) is 21.5. The fourth-order valence-corrected chi connectivity index (χ4v) is 16.5. The van der Waals surface area contributed by atoms with Crippen LogP contribution in [0.3, 0.4) is 0 Å². The lowest BCUT2D eigenvalue weighted by molar-refractivity contribution is 1.18. The fourth-order valence-electron chi connectivity index (χ4n) is 16.5. The molecule has 4 nitrogen and oxygen atoms in total. The van der Waals surface area contributed by atoms with Crippen molar-refractivity contribution in [2.75, 3.05) is 0 Å². The molecule has 0 spiro atoms. The molecular weight excluding hydrogens is 1270 g/mol. The minimum atomic E-state index is 1.16. The van der Waals surface area contributed by atoms with E-state index in [0.29, 0.717) is 0 Å². The van der Waals surface area contributed by atoms with Crippen LogP contribution in [0.5, 0.6) is 0 Å². The Morgan fingerprint density at radius 1 is 0.152 bits per heavy atom. The SMILES string of the molecule is Cc1cc(-c2ccc3c(c2)c2ccccc2n3-c2ccccc2)ccc1-c1ccc2c(c1)c1ccccc1n2-c1ccc2ccccc2c1.c1ccc(-c2ccc3c4cc(-c5ccc(-c6ccc7c(c6)c6ccc(-c8ccccc8)cc6n7-c6ccccc6)cc5)ccc4n(-c4ccccc4)c3c2)cc1. The molecule has 0 bridgehead atoms. The molecule has 492 valence electrons. The lowest BCUT2D eigenvalue weighted by Gasteiger charge is -2.12. The molecule has 0 atom stereocenters. The van der Waals surface area contributed by atoms with E-state index >= 15 is 0 Å². The molecule has 21 aromatic rings. The fraction of sp³-hybridized carbons (Fsp3) is 0.00990. The number of hydrogen-bond acceptors (Lipinski definition) is 0. The van der Waals surface area contributed by atoms with Gasteiger partial charge in [-0.2, -0.15) is 0 Å². The molecule has 0 amide bonds. The van der Waals surface area contributed by atoms with E-state index in [-0.39, 0.29) is 0 Å². The van der Waals surface area contributed by atoms with Crippen LogP contribution in [-0.2, 0) is 0 Å². The van der Waals surface area contributed by atoms with Gasteiger partial charge in [0, 0.05) is 65.8 Å². The van der Waals surface area contributed by atoms with Crippen LogP contribution in [0.25, 0.3) is 188 Å². The van der Waals surface area contributed by atoms with E-state index in [1.54, 1.807) is 0 Å². The topological polar surface area (TPSA) is 19.7 Å². The van der Waals surface area contributed by atoms with E-state index < -0.39 is 0 Å². The number of fused-ring (bicyclic) bond motifs is 13. The summed E-state index contributed by atoms with van der Waals surface area (Å²) < 4.78 is 9.58. The second-order valence-electron chi connectivity index (χ2n) is 27.6. The standard InChI is InChI=1S/C54H36N2.C47H32N2/c1-5-13-37(14-6-1)43-25-29-47-49-33-41(27-31-51(49)55(53(47)35-43)45-17-9-3-10-18-45)39-21-23-40(24-22-39)42-28-32-52-50(34-42)48-30-26-44(38-15-7-2-8-16-38)36-54(48)56(52)46-19-11-4-12-20-46;1-31-27-34(35-21-25-46-42(29-35)40-15-7-9-17-44(40)48(46)37-13-3-2-4-14-37)20-24-39(31)36-22-26-47-43(30-36)41-16-8-10-18-45(41)49(47)38-23-19-32-11-5-6-12-33(32)28-38/h1-36H;2-30H,1H3. The van der Waals surface area contributed by atoms with Crippen molar-refractivity contribution in [2.45, 2.75) is 6.92 Å². The van der Waals surface area contributed by atoms with Crippen molar-refractivity contribution >= 4 is 98.0 Å². The molecule has 0 aliphatic heterocycles. The maximum Gasteiger partial charge on any atom is 0.0547 e. The van der Waals surface area contributed by atoms with Crippen molar-refractivity contribution in [1.82, 2.24) is 18.3 Å². The molecular formula is C101H68N4. The molecule has 4 heterocycles. The number of aromatic nitrogens is 4. The van der Waals surface area contributed by atoms with Gasteiger partial charge in [-0.05, 0) is 211 Å². The molecule has 0 aliphatic carbocycles. The van der Waals surface area contributed by atoms with E-state index in [1.807, 2.05) is 0 Å². The maximum atomic E-state index is 2.40. The Balaban J connectivity index is 0.000000141. The molecule has 17 aromatic carbocycles. The van der Waals surface area contributed by atoms with E-state index in [1.165, 1.54) is 182 Å². The maximum absolute atomic E-state index is 2.40. The summed E-state index contributed by atoms with van der Waals surface area (Å²) in [6.45, 7) is 2.24. The van der Waals surface area contributed by atoms with Gasteiger partial charge in [0.05, 0.1) is 44.1 Å². The Morgan fingerprint density at radius 2 is 0.448 bits per heavy atom. The van der Waals surface area contributed by atoms with Gasteiger partial charge in [0.1, 0.15) is 0 Å². The van der Waals surface area contributed by atoms with Crippen molar-refractivity contribution in [2.24, 2.45) is 0 Å². The quantitative estimate of drug-likeness (QED) is 0.130. The minimum absolute atomic E-state index is 1.16. The normalized spacial score (nSPS) is 11.7. The van der Waals surface area contributed by atoms with Crippen LogP contribution in [0, 0.1) is 6.92 Å². The Hall–Kier alpha value is -13.8. The smallest absolute Gasteiger partial charge is 0.0547 e. The Labute approximate surface area is 608 Å². The summed E-state index contributed by atoms with van der Waals surface area (Å²) in [6.07, 6.45) is 0. The van der Waals surface area contributed by atoms with Gasteiger partial charge in [-0.25, -0.2) is 0 Å². The summed E-state index contributed by atoms with van der Waals surface area (Å²) in [7, 11) is 0. The van der Waals surface area contributed by atoms with Gasteiger partial charge in [-0.1, -0.05) is 273 Å². The predicted octanol–water partition coefficient (Wildman–Crippen LogP) is 27.2. The highest BCUT2D eigenvalue weighted by atomic mass is 15.0. The van der Waals surface area contributed by atoms with Crippen LogP contribution in [0.2, 0.25) is 0 Å². The first-order chi connectivity index (χ1) is 52.0. The van der Waals surface area contributed by atoms with E-state index in [4.69, 9.17) is 0 Å². The molecule has 4 heteroatoms. The summed E-state index contributed by atoms with van der Waals surface area (Å²) in [6, 6.07) is 144. The van der Waals surface area contributed by atoms with E-state index in [2.05, 4.69) is 420 Å². The first-order valence-electron chi connectivity index (χ1n) is 36.2. The van der Waals surface area contributed by atoms with Gasteiger partial charge in [0.2, 0.25) is 0 Å². The molecule has 21 rings (SSSR count). The summed E-state index contributed by atoms with van der Waals surface area (Å²) in [5, 5.41) is 12.6. The van der Waals surface area contributed by atoms with E-state index in [0.717, 1.165) is 11.4 Å². The lowest BCUT2D eigenvalue weighted by Crippen LogP contribution is -1.94. The first-order valence-corrected chi connectivity index (χ1v) is 36.2. The molecule has 0 saturated carbocycles. The Kier molecular flexibility index (Phi) is 14.8. The molecule has 0 radical (unpaired) electrons. The van der Waals surface area contributed by atoms with Crippen molar-refractivity contribution in [3.05, 3.63) is 400 Å². The van der Waals surface area contributed by atoms with Crippen molar-refractivity contribution in [3.8, 4) is 89.5 Å². The molecule has 4 aromatic heterocycles. The van der Waals surface area contributed by atoms with Crippen LogP contribution in [-0.4, -0.2) is 18.3 Å². The van der Waals surface area contributed by atoms with Gasteiger partial charge in [0.25, 0.3) is 0 Å². The molecule has 0 aliphatic rings. The van der Waals surface area contributed by atoms with Crippen LogP contribution in [0.15, 0.2) is 394 Å². The van der Waals surface area contributed by atoms with Crippen LogP contribution >= 0.6 is 0 Å². The average molecular weight is 1340 g/mol. The van der Waals surface area contributed by atoms with E-state index in [9.17, 15) is 0 Å². The average Bonchev–Trinajstić information content (AvgIpc) is 1.62. The Morgan fingerprint density at radius 3 is 0.905 bits per heavy atom. The van der Waals surface area contributed by atoms with Crippen molar-refractivity contribution in [3.63, 3.8) is 0 Å². The van der Waals surface area contributed by atoms with Crippen molar-refractivity contribution < 1.29 is 0 Å². The highest BCUT2D eigenvalue weighted by Crippen LogP contribution is 2.43. The van der Waals surface area contributed by atoms with Crippen LogP contribution in [0.1, 0.15) is 5.56 Å². The molecule has 0 saturated heterocycles. The number of nitrogens with zero attached hydrogens (tertiary/aromatic N) is 4. The second-order valence-corrected chi connectivity index (χ2v) is 27.6. The minimum Gasteiger partial charge on any atom is -0.309 e. The number of benzene rings is 17. The molecule has 105 heavy (non-hydrogen) atoms. The summed E-state index contributed by atoms with van der Waals surface area (Å²) in [4.78, 5) is 0. The van der Waals surface area contributed by atoms with Gasteiger partial charge in [0.15, 0.2) is 0 Å². The summed E-state index contributed by atoms with van der Waals surface area (Å²) in [5.74, 6) is 0. The van der Waals surface area contributed by atoms with Gasteiger partial charge < -0.3 is 18.3 Å². The zero-order chi connectivity index (χ0) is 69.5. The summed E-state index contributed by atoms with van der Waals surface area (Å²) in [5.41, 5.74) is 30.3. The van der Waals surface area contributed by atoms with Gasteiger partial charge in [-0.15, -0.1) is 0 Å². The highest BCUT2D eigenvalue weighted by Gasteiger charge is 2.20. The predicted molar refractivity (Wildman–Crippen MR) is 445 cm³/mol. The molecule has 0 fully saturated rings. The number of hydrogen-bond donors (Lipinski definition) is 0. The number of rotatable bonds is 10. The van der Waals surface area contributed by atoms with Crippen LogP contribution in [0.4, 0.5) is 0 Å². The third-order valence-corrected chi connectivity index (χ3v) is 21.5. The van der Waals surface area contributed by atoms with Crippen molar-refractivity contribution in [1.29, 1.82) is 0 Å². The second kappa shape index (κ2) is 25.4. The molecule has 0 N–H and O–H groups in total. The largest absolute Gasteiger partial charge is 0.309 e. The third kappa shape index (κ3) is 10.6. The lowest BCUT2D eigenvalue weighted by atomic mass is 9.94. The zero-order valence-corrected chi connectivity index (χ0v) is 57.8. The number of aryl methyl sites for hydroxylation is 1. The van der Waals surface area contributed by atoms with Gasteiger partial charge in [-0.3, -0.25) is 0 Å². The highest BCUT2D eigenvalue weighted by molar-refractivity contribution is 6.15. The number of para-hydroxylation sites is 5. The van der Waals surface area contributed by atoms with Crippen LogP contribution < -0.4 is 0 Å². The monoisotopic (exact) mass is 1340 g/mol.